The average molecular weight is 440 g/mol. The highest BCUT2D eigenvalue weighted by Gasteiger charge is 2.14. The Morgan fingerprint density at radius 1 is 1.19 bits per heavy atom. The number of nitriles is 1. The largest absolute Gasteiger partial charge is 0.300 e. The third-order valence-corrected chi connectivity index (χ3v) is 5.88. The first-order chi connectivity index (χ1) is 13.0. The summed E-state index contributed by atoms with van der Waals surface area (Å²) >= 11 is 4.96. The Kier molecular flexibility index (Phi) is 6.15. The van der Waals surface area contributed by atoms with Crippen LogP contribution in [-0.4, -0.2) is 9.97 Å². The second-order valence-corrected chi connectivity index (χ2v) is 8.18. The molecule has 4 nitrogen and oxygen atoms in total. The molecule has 0 aliphatic rings. The zero-order valence-electron chi connectivity index (χ0n) is 15.0. The van der Waals surface area contributed by atoms with Crippen molar-refractivity contribution in [2.45, 2.75) is 30.7 Å². The molecule has 0 fully saturated rings. The van der Waals surface area contributed by atoms with Crippen molar-refractivity contribution in [3.05, 3.63) is 80.0 Å². The normalized spacial score (nSPS) is 10.8. The molecule has 0 bridgehead atoms. The minimum absolute atomic E-state index is 0.0394. The van der Waals surface area contributed by atoms with Crippen molar-refractivity contribution in [2.24, 2.45) is 0 Å². The molecule has 0 aliphatic heterocycles. The maximum atomic E-state index is 12.4. The molecule has 27 heavy (non-hydrogen) atoms. The zero-order valence-corrected chi connectivity index (χ0v) is 17.4. The highest BCUT2D eigenvalue weighted by Crippen LogP contribution is 2.27. The molecule has 3 rings (SSSR count). The van der Waals surface area contributed by atoms with Gasteiger partial charge in [-0.05, 0) is 23.1 Å². The number of nitrogens with one attached hydrogen (secondary N) is 1. The molecule has 0 atom stereocenters. The highest BCUT2D eigenvalue weighted by atomic mass is 79.9. The first-order valence-corrected chi connectivity index (χ1v) is 10.3. The fourth-order valence-electron chi connectivity index (χ4n) is 2.62. The predicted octanol–water partition coefficient (Wildman–Crippen LogP) is 5.49. The topological polar surface area (TPSA) is 69.5 Å². The molecule has 3 aromatic rings. The third kappa shape index (κ3) is 4.49. The number of aromatic nitrogens is 2. The van der Waals surface area contributed by atoms with E-state index in [2.05, 4.69) is 39.7 Å². The summed E-state index contributed by atoms with van der Waals surface area (Å²) in [6.07, 6.45) is 0. The molecule has 1 heterocycles. The van der Waals surface area contributed by atoms with Gasteiger partial charge in [0.2, 0.25) is 0 Å². The molecule has 0 saturated heterocycles. The Bertz CT molecular complexity index is 1050. The lowest BCUT2D eigenvalue weighted by molar-refractivity contribution is 0.866. The van der Waals surface area contributed by atoms with Gasteiger partial charge in [0.1, 0.15) is 11.6 Å². The number of nitrogens with zero attached hydrogens (tertiary/aromatic N) is 2. The van der Waals surface area contributed by atoms with Crippen LogP contribution in [0.4, 0.5) is 0 Å². The zero-order chi connectivity index (χ0) is 19.4. The van der Waals surface area contributed by atoms with E-state index in [1.807, 2.05) is 54.6 Å². The number of rotatable bonds is 5. The lowest BCUT2D eigenvalue weighted by atomic mass is 10.00. The number of H-pyrrole nitrogens is 1. The summed E-state index contributed by atoms with van der Waals surface area (Å²) in [5.74, 6) is 1.07. The summed E-state index contributed by atoms with van der Waals surface area (Å²) in [7, 11) is 0. The van der Waals surface area contributed by atoms with Crippen molar-refractivity contribution in [1.29, 1.82) is 5.26 Å². The number of hydrogen-bond donors (Lipinski definition) is 1. The lowest BCUT2D eigenvalue weighted by Crippen LogP contribution is -2.14. The van der Waals surface area contributed by atoms with E-state index in [-0.39, 0.29) is 5.56 Å². The third-order valence-electron chi connectivity index (χ3n) is 4.18. The van der Waals surface area contributed by atoms with Gasteiger partial charge >= 0.3 is 0 Å². The van der Waals surface area contributed by atoms with Crippen molar-refractivity contribution in [2.75, 3.05) is 0 Å². The standard InChI is InChI=1S/C21H18BrN3OS/c1-13(2)14-7-9-15(10-8-14)19-17(11-23)20(26)25-21(24-19)27-12-16-5-3-4-6-18(16)22/h3-10,13H,12H2,1-2H3,(H,24,25,26). The summed E-state index contributed by atoms with van der Waals surface area (Å²) in [6, 6.07) is 17.8. The van der Waals surface area contributed by atoms with Crippen LogP contribution in [0, 0.1) is 11.3 Å². The van der Waals surface area contributed by atoms with E-state index in [0.29, 0.717) is 22.5 Å². The molecule has 0 aliphatic carbocycles. The maximum absolute atomic E-state index is 12.4. The molecular weight excluding hydrogens is 422 g/mol. The summed E-state index contributed by atoms with van der Waals surface area (Å²) in [6.45, 7) is 4.25. The smallest absolute Gasteiger partial charge is 0.270 e. The van der Waals surface area contributed by atoms with E-state index in [1.54, 1.807) is 0 Å². The molecule has 0 spiro atoms. The second kappa shape index (κ2) is 8.55. The fourth-order valence-corrected chi connectivity index (χ4v) is 4.10. The van der Waals surface area contributed by atoms with Gasteiger partial charge < -0.3 is 4.98 Å². The van der Waals surface area contributed by atoms with Gasteiger partial charge in [-0.15, -0.1) is 0 Å². The van der Waals surface area contributed by atoms with Gasteiger partial charge in [0.05, 0.1) is 5.69 Å². The number of hydrogen-bond acceptors (Lipinski definition) is 4. The van der Waals surface area contributed by atoms with Gasteiger partial charge in [-0.1, -0.05) is 84.0 Å². The van der Waals surface area contributed by atoms with Gasteiger partial charge in [-0.25, -0.2) is 4.98 Å². The molecule has 0 unspecified atom stereocenters. The van der Waals surface area contributed by atoms with Gasteiger partial charge in [0, 0.05) is 15.8 Å². The monoisotopic (exact) mass is 439 g/mol. The van der Waals surface area contributed by atoms with Crippen molar-refractivity contribution in [1.82, 2.24) is 9.97 Å². The molecule has 6 heteroatoms. The van der Waals surface area contributed by atoms with Gasteiger partial charge in [-0.3, -0.25) is 4.79 Å². The summed E-state index contributed by atoms with van der Waals surface area (Å²) in [5, 5.41) is 9.91. The van der Waals surface area contributed by atoms with Crippen LogP contribution in [0.3, 0.4) is 0 Å². The van der Waals surface area contributed by atoms with Crippen LogP contribution in [0.25, 0.3) is 11.3 Å². The van der Waals surface area contributed by atoms with Crippen molar-refractivity contribution in [3.63, 3.8) is 0 Å². The molecule has 0 saturated carbocycles. The molecule has 0 amide bonds. The number of halogens is 1. The molecule has 1 N–H and O–H groups in total. The maximum Gasteiger partial charge on any atom is 0.270 e. The first-order valence-electron chi connectivity index (χ1n) is 8.50. The van der Waals surface area contributed by atoms with E-state index in [4.69, 9.17) is 0 Å². The Balaban J connectivity index is 1.95. The number of benzene rings is 2. The summed E-state index contributed by atoms with van der Waals surface area (Å²) in [4.78, 5) is 19.7. The Morgan fingerprint density at radius 3 is 2.52 bits per heavy atom. The first kappa shape index (κ1) is 19.4. The summed E-state index contributed by atoms with van der Waals surface area (Å²) < 4.78 is 1.01. The minimum Gasteiger partial charge on any atom is -0.300 e. The lowest BCUT2D eigenvalue weighted by Gasteiger charge is -2.09. The fraction of sp³-hybridized carbons (Fsp3) is 0.190. The Morgan fingerprint density at radius 2 is 1.89 bits per heavy atom. The summed E-state index contributed by atoms with van der Waals surface area (Å²) in [5.41, 5.74) is 3.13. The highest BCUT2D eigenvalue weighted by molar-refractivity contribution is 9.10. The van der Waals surface area contributed by atoms with Crippen molar-refractivity contribution >= 4 is 27.7 Å². The number of thioether (sulfide) groups is 1. The van der Waals surface area contributed by atoms with Gasteiger partial charge in [0.25, 0.3) is 5.56 Å². The Hall–Kier alpha value is -2.36. The number of aromatic amines is 1. The molecule has 1 aromatic heterocycles. The predicted molar refractivity (Wildman–Crippen MR) is 113 cm³/mol. The van der Waals surface area contributed by atoms with Crippen molar-refractivity contribution < 1.29 is 0 Å². The van der Waals surface area contributed by atoms with Crippen LogP contribution in [-0.2, 0) is 5.75 Å². The van der Waals surface area contributed by atoms with E-state index < -0.39 is 5.56 Å². The van der Waals surface area contributed by atoms with E-state index in [0.717, 1.165) is 15.6 Å². The van der Waals surface area contributed by atoms with E-state index in [9.17, 15) is 10.1 Å². The van der Waals surface area contributed by atoms with E-state index in [1.165, 1.54) is 17.3 Å². The van der Waals surface area contributed by atoms with Gasteiger partial charge in [0.15, 0.2) is 5.16 Å². The molecular formula is C21H18BrN3OS. The SMILES string of the molecule is CC(C)c1ccc(-c2nc(SCc3ccccc3Br)[nH]c(=O)c2C#N)cc1. The molecule has 2 aromatic carbocycles. The van der Waals surface area contributed by atoms with E-state index >= 15 is 0 Å². The Labute approximate surface area is 170 Å². The minimum atomic E-state index is -0.412. The molecule has 0 radical (unpaired) electrons. The second-order valence-electron chi connectivity index (χ2n) is 6.36. The van der Waals surface area contributed by atoms with Crippen LogP contribution in [0.15, 0.2) is 63.0 Å². The van der Waals surface area contributed by atoms with Gasteiger partial charge in [-0.2, -0.15) is 5.26 Å². The van der Waals surface area contributed by atoms with Crippen LogP contribution in [0.1, 0.15) is 36.5 Å². The average Bonchev–Trinajstić information content (AvgIpc) is 2.67. The quantitative estimate of drug-likeness (QED) is 0.421. The van der Waals surface area contributed by atoms with Crippen LogP contribution in [0.2, 0.25) is 0 Å². The van der Waals surface area contributed by atoms with Crippen molar-refractivity contribution in [3.8, 4) is 17.3 Å². The van der Waals surface area contributed by atoms with Crippen LogP contribution in [0.5, 0.6) is 0 Å². The molecule has 136 valence electrons. The van der Waals surface area contributed by atoms with Crippen LogP contribution >= 0.6 is 27.7 Å². The van der Waals surface area contributed by atoms with Crippen LogP contribution < -0.4 is 5.56 Å².